The number of hydrogen-bond donors (Lipinski definition) is 1. The maximum absolute atomic E-state index is 4.38. The Bertz CT molecular complexity index is 492. The van der Waals surface area contributed by atoms with E-state index in [1.54, 1.807) is 0 Å². The molecule has 2 rings (SSSR count). The number of allylic oxidation sites excluding steroid dienone is 5. The molecule has 0 aromatic carbocycles. The first-order valence-electron chi connectivity index (χ1n) is 7.29. The first-order chi connectivity index (χ1) is 9.79. The lowest BCUT2D eigenvalue weighted by molar-refractivity contribution is 0.718. The van der Waals surface area contributed by atoms with Crippen LogP contribution in [0.2, 0.25) is 0 Å². The molecule has 0 bridgehead atoms. The van der Waals surface area contributed by atoms with Crippen molar-refractivity contribution in [1.29, 1.82) is 0 Å². The molecule has 106 valence electrons. The van der Waals surface area contributed by atoms with Crippen LogP contribution in [0.25, 0.3) is 0 Å². The van der Waals surface area contributed by atoms with Gasteiger partial charge in [-0.3, -0.25) is 4.99 Å². The van der Waals surface area contributed by atoms with E-state index in [1.807, 2.05) is 12.3 Å². The molecule has 0 aromatic heterocycles. The van der Waals surface area contributed by atoms with Crippen molar-refractivity contribution in [3.63, 3.8) is 0 Å². The third kappa shape index (κ3) is 4.34. The fraction of sp³-hybridized carbons (Fsp3) is 0.412. The minimum absolute atomic E-state index is 0.284. The Kier molecular flexibility index (Phi) is 5.54. The van der Waals surface area contributed by atoms with Crippen molar-refractivity contribution in [1.82, 2.24) is 5.32 Å². The molecule has 0 radical (unpaired) electrons. The summed E-state index contributed by atoms with van der Waals surface area (Å²) in [4.78, 5) is 8.67. The van der Waals surface area contributed by atoms with Crippen molar-refractivity contribution in [2.24, 2.45) is 9.98 Å². The summed E-state index contributed by atoms with van der Waals surface area (Å²) in [5, 5.41) is 3.39. The van der Waals surface area contributed by atoms with Crippen molar-refractivity contribution >= 4 is 12.2 Å². The zero-order valence-electron chi connectivity index (χ0n) is 12.2. The first kappa shape index (κ1) is 14.5. The van der Waals surface area contributed by atoms with Crippen molar-refractivity contribution in [3.8, 4) is 0 Å². The molecule has 0 spiro atoms. The average molecular weight is 269 g/mol. The lowest BCUT2D eigenvalue weighted by Crippen LogP contribution is -2.34. The van der Waals surface area contributed by atoms with Gasteiger partial charge in [0.25, 0.3) is 0 Å². The van der Waals surface area contributed by atoms with Crippen LogP contribution in [-0.4, -0.2) is 24.8 Å². The fourth-order valence-electron chi connectivity index (χ4n) is 2.25. The molecule has 0 fully saturated rings. The van der Waals surface area contributed by atoms with Crippen LogP contribution in [0.15, 0.2) is 58.1 Å². The Morgan fingerprint density at radius 1 is 1.50 bits per heavy atom. The number of rotatable bonds is 5. The van der Waals surface area contributed by atoms with Crippen molar-refractivity contribution in [2.45, 2.75) is 38.6 Å². The van der Waals surface area contributed by atoms with E-state index in [0.29, 0.717) is 0 Å². The van der Waals surface area contributed by atoms with Gasteiger partial charge in [0.1, 0.15) is 0 Å². The van der Waals surface area contributed by atoms with Crippen molar-refractivity contribution in [2.75, 3.05) is 6.54 Å². The van der Waals surface area contributed by atoms with Gasteiger partial charge in [0.15, 0.2) is 0 Å². The third-order valence-corrected chi connectivity index (χ3v) is 3.39. The third-order valence-electron chi connectivity index (χ3n) is 3.39. The highest BCUT2D eigenvalue weighted by atomic mass is 15.1. The Morgan fingerprint density at radius 3 is 3.15 bits per heavy atom. The van der Waals surface area contributed by atoms with Gasteiger partial charge in [-0.2, -0.15) is 0 Å². The van der Waals surface area contributed by atoms with Crippen LogP contribution in [0.4, 0.5) is 0 Å². The molecule has 0 saturated heterocycles. The molecule has 20 heavy (non-hydrogen) atoms. The molecule has 1 N–H and O–H groups in total. The van der Waals surface area contributed by atoms with E-state index in [4.69, 9.17) is 0 Å². The number of hydrogen-bond acceptors (Lipinski definition) is 3. The smallest absolute Gasteiger partial charge is 0.218 e. The number of guanidine groups is 1. The molecule has 1 aliphatic carbocycles. The summed E-state index contributed by atoms with van der Waals surface area (Å²) in [6, 6.07) is 0.284. The second-order valence-electron chi connectivity index (χ2n) is 5.07. The normalized spacial score (nSPS) is 22.2. The van der Waals surface area contributed by atoms with Gasteiger partial charge >= 0.3 is 0 Å². The summed E-state index contributed by atoms with van der Waals surface area (Å²) in [7, 11) is 0. The fourth-order valence-corrected chi connectivity index (χ4v) is 2.25. The molecular formula is C17H23N3. The SMILES string of the molecule is C=CCC/C=C(\C)C1=CC(NC2=NCCC=N2)CC=C1. The minimum Gasteiger partial charge on any atom is -0.348 e. The van der Waals surface area contributed by atoms with Gasteiger partial charge in [-0.15, -0.1) is 6.58 Å². The van der Waals surface area contributed by atoms with Gasteiger partial charge in [-0.05, 0) is 37.3 Å². The quantitative estimate of drug-likeness (QED) is 0.601. The summed E-state index contributed by atoms with van der Waals surface area (Å²) >= 11 is 0. The Labute approximate surface area is 121 Å². The number of unbranched alkanes of at least 4 members (excludes halogenated alkanes) is 1. The highest BCUT2D eigenvalue weighted by Gasteiger charge is 2.12. The summed E-state index contributed by atoms with van der Waals surface area (Å²) in [5.74, 6) is 0.764. The molecule has 0 aromatic rings. The summed E-state index contributed by atoms with van der Waals surface area (Å²) < 4.78 is 0. The van der Waals surface area contributed by atoms with E-state index in [-0.39, 0.29) is 6.04 Å². The van der Waals surface area contributed by atoms with Gasteiger partial charge in [-0.25, -0.2) is 4.99 Å². The standard InChI is InChI=1S/C17H23N3/c1-3-4-5-8-14(2)15-9-6-10-16(13-15)20-17-18-11-7-12-19-17/h3,6,8-9,11,13,16H,1,4-5,7,10,12H2,2H3,(H,19,20)/b14-8+. The molecule has 1 atom stereocenters. The molecule has 3 nitrogen and oxygen atoms in total. The van der Waals surface area contributed by atoms with Gasteiger partial charge in [0, 0.05) is 19.2 Å². The predicted molar refractivity (Wildman–Crippen MR) is 87.4 cm³/mol. The Balaban J connectivity index is 1.97. The zero-order chi connectivity index (χ0) is 14.2. The average Bonchev–Trinajstić information content (AvgIpc) is 2.49. The number of aliphatic imine (C=N–C) groups is 2. The van der Waals surface area contributed by atoms with Gasteiger partial charge in [-0.1, -0.05) is 30.4 Å². The highest BCUT2D eigenvalue weighted by Crippen LogP contribution is 2.19. The summed E-state index contributed by atoms with van der Waals surface area (Å²) in [6.45, 7) is 6.76. The van der Waals surface area contributed by atoms with E-state index in [1.165, 1.54) is 11.1 Å². The topological polar surface area (TPSA) is 36.8 Å². The summed E-state index contributed by atoms with van der Waals surface area (Å²) in [6.07, 6.45) is 16.9. The van der Waals surface area contributed by atoms with Crippen LogP contribution in [0, 0.1) is 0 Å². The molecule has 3 heteroatoms. The highest BCUT2D eigenvalue weighted by molar-refractivity contribution is 5.89. The van der Waals surface area contributed by atoms with E-state index < -0.39 is 0 Å². The second kappa shape index (κ2) is 7.63. The largest absolute Gasteiger partial charge is 0.348 e. The lowest BCUT2D eigenvalue weighted by atomic mass is 9.97. The van der Waals surface area contributed by atoms with Crippen molar-refractivity contribution < 1.29 is 0 Å². The van der Waals surface area contributed by atoms with Crippen LogP contribution in [-0.2, 0) is 0 Å². The maximum atomic E-state index is 4.38. The van der Waals surface area contributed by atoms with Crippen LogP contribution < -0.4 is 5.32 Å². The number of nitrogens with one attached hydrogen (secondary N) is 1. The van der Waals surface area contributed by atoms with E-state index in [0.717, 1.165) is 38.2 Å². The van der Waals surface area contributed by atoms with Crippen molar-refractivity contribution in [3.05, 3.63) is 48.1 Å². The minimum atomic E-state index is 0.284. The Morgan fingerprint density at radius 2 is 2.40 bits per heavy atom. The first-order valence-corrected chi connectivity index (χ1v) is 7.29. The molecule has 2 aliphatic rings. The van der Waals surface area contributed by atoms with Crippen LogP contribution in [0.5, 0.6) is 0 Å². The van der Waals surface area contributed by atoms with Gasteiger partial charge in [0.05, 0.1) is 6.04 Å². The predicted octanol–water partition coefficient (Wildman–Crippen LogP) is 3.57. The monoisotopic (exact) mass is 269 g/mol. The molecule has 1 unspecified atom stereocenters. The maximum Gasteiger partial charge on any atom is 0.218 e. The van der Waals surface area contributed by atoms with Gasteiger partial charge in [0.2, 0.25) is 5.96 Å². The second-order valence-corrected chi connectivity index (χ2v) is 5.07. The summed E-state index contributed by atoms with van der Waals surface area (Å²) in [5.41, 5.74) is 2.61. The van der Waals surface area contributed by atoms with E-state index >= 15 is 0 Å². The van der Waals surface area contributed by atoms with Gasteiger partial charge < -0.3 is 5.32 Å². The number of nitrogens with zero attached hydrogens (tertiary/aromatic N) is 2. The molecule has 0 amide bonds. The Hall–Kier alpha value is -1.90. The molecule has 0 saturated carbocycles. The molecular weight excluding hydrogens is 246 g/mol. The molecule has 1 aliphatic heterocycles. The van der Waals surface area contributed by atoms with Crippen LogP contribution >= 0.6 is 0 Å². The zero-order valence-corrected chi connectivity index (χ0v) is 12.2. The van der Waals surface area contributed by atoms with Crippen LogP contribution in [0.1, 0.15) is 32.6 Å². The van der Waals surface area contributed by atoms with Crippen LogP contribution in [0.3, 0.4) is 0 Å². The lowest BCUT2D eigenvalue weighted by Gasteiger charge is -2.20. The van der Waals surface area contributed by atoms with E-state index in [2.05, 4.69) is 53.1 Å². The molecule has 1 heterocycles. The van der Waals surface area contributed by atoms with E-state index in [9.17, 15) is 0 Å².